The number of rotatable bonds is 4. The molecule has 2 heterocycles. The second-order valence-electron chi connectivity index (χ2n) is 6.11. The van der Waals surface area contributed by atoms with Gasteiger partial charge in [0, 0.05) is 11.8 Å². The van der Waals surface area contributed by atoms with Gasteiger partial charge >= 0.3 is 0 Å². The van der Waals surface area contributed by atoms with Gasteiger partial charge < -0.3 is 4.74 Å². The molecule has 6 nitrogen and oxygen atoms in total. The third-order valence-electron chi connectivity index (χ3n) is 4.18. The highest BCUT2D eigenvalue weighted by Crippen LogP contribution is 2.26. The summed E-state index contributed by atoms with van der Waals surface area (Å²) in [6, 6.07) is 13.5. The highest BCUT2D eigenvalue weighted by atomic mass is 32.2. The molecule has 2 aliphatic rings. The van der Waals surface area contributed by atoms with Crippen molar-refractivity contribution in [3.05, 3.63) is 71.6 Å². The van der Waals surface area contributed by atoms with Crippen LogP contribution in [0.3, 0.4) is 0 Å². The third-order valence-corrected chi connectivity index (χ3v) is 5.33. The molecule has 0 aliphatic carbocycles. The number of hydrazone groups is 1. The Morgan fingerprint density at radius 3 is 2.74 bits per heavy atom. The first kappa shape index (κ1) is 17.4. The van der Waals surface area contributed by atoms with E-state index in [2.05, 4.69) is 9.50 Å². The van der Waals surface area contributed by atoms with Crippen LogP contribution >= 0.6 is 0 Å². The Balaban J connectivity index is 1.52. The van der Waals surface area contributed by atoms with Crippen LogP contribution in [0, 0.1) is 5.82 Å². The number of hydrogen-bond acceptors (Lipinski definition) is 5. The van der Waals surface area contributed by atoms with E-state index in [-0.39, 0.29) is 24.7 Å². The molecule has 2 aromatic rings. The summed E-state index contributed by atoms with van der Waals surface area (Å²) in [7, 11) is -3.47. The quantitative estimate of drug-likeness (QED) is 0.811. The average molecular weight is 385 g/mol. The Labute approximate surface area is 156 Å². The van der Waals surface area contributed by atoms with Crippen LogP contribution in [0.4, 0.5) is 4.39 Å². The first-order valence-corrected chi connectivity index (χ1v) is 9.94. The van der Waals surface area contributed by atoms with E-state index in [0.717, 1.165) is 11.1 Å². The minimum atomic E-state index is -3.47. The molecule has 138 valence electrons. The average Bonchev–Trinajstić information content (AvgIpc) is 2.66. The predicted octanol–water partition coefficient (Wildman–Crippen LogP) is 2.83. The summed E-state index contributed by atoms with van der Waals surface area (Å²) in [4.78, 5) is 0. The summed E-state index contributed by atoms with van der Waals surface area (Å²) >= 11 is 0. The monoisotopic (exact) mass is 385 g/mol. The van der Waals surface area contributed by atoms with Gasteiger partial charge in [0.2, 0.25) is 0 Å². The molecule has 0 saturated carbocycles. The number of nitrogens with zero attached hydrogens (tertiary/aromatic N) is 3. The number of sulfonamides is 1. The Morgan fingerprint density at radius 2 is 1.96 bits per heavy atom. The summed E-state index contributed by atoms with van der Waals surface area (Å²) in [5.41, 5.74) is 2.23. The van der Waals surface area contributed by atoms with Crippen molar-refractivity contribution in [2.75, 3.05) is 12.3 Å². The van der Waals surface area contributed by atoms with Gasteiger partial charge in [-0.1, -0.05) is 24.3 Å². The van der Waals surface area contributed by atoms with Gasteiger partial charge in [-0.25, -0.2) is 17.8 Å². The lowest BCUT2D eigenvalue weighted by Gasteiger charge is -2.27. The van der Waals surface area contributed by atoms with Crippen molar-refractivity contribution < 1.29 is 17.5 Å². The SMILES string of the molecule is O=S1(=O)CCN2N=CC=C(c3ccc(OCc4cccc(F)c4)cc3)C2=N1. The number of halogens is 1. The van der Waals surface area contributed by atoms with Crippen LogP contribution in [0.2, 0.25) is 0 Å². The number of hydrogen-bond donors (Lipinski definition) is 0. The maximum absolute atomic E-state index is 13.2. The zero-order valence-electron chi connectivity index (χ0n) is 14.2. The molecule has 0 amide bonds. The molecule has 0 radical (unpaired) electrons. The topological polar surface area (TPSA) is 71.3 Å². The van der Waals surface area contributed by atoms with Crippen LogP contribution in [0.5, 0.6) is 5.75 Å². The van der Waals surface area contributed by atoms with Crippen molar-refractivity contribution in [2.45, 2.75) is 6.61 Å². The van der Waals surface area contributed by atoms with Crippen molar-refractivity contribution in [1.29, 1.82) is 0 Å². The van der Waals surface area contributed by atoms with E-state index >= 15 is 0 Å². The molecular weight excluding hydrogens is 369 g/mol. The summed E-state index contributed by atoms with van der Waals surface area (Å²) < 4.78 is 46.4. The van der Waals surface area contributed by atoms with Crippen LogP contribution in [0.15, 0.2) is 64.1 Å². The zero-order chi connectivity index (χ0) is 18.9. The molecule has 0 aromatic heterocycles. The van der Waals surface area contributed by atoms with Gasteiger partial charge in [-0.05, 0) is 41.5 Å². The number of fused-ring (bicyclic) bond motifs is 1. The van der Waals surface area contributed by atoms with Crippen LogP contribution < -0.4 is 4.74 Å². The van der Waals surface area contributed by atoms with Gasteiger partial charge in [0.15, 0.2) is 5.84 Å². The summed E-state index contributed by atoms with van der Waals surface area (Å²) in [6.07, 6.45) is 3.36. The maximum atomic E-state index is 13.2. The minimum absolute atomic E-state index is 0.0476. The van der Waals surface area contributed by atoms with Crippen LogP contribution in [-0.2, 0) is 16.6 Å². The molecule has 0 unspecified atom stereocenters. The van der Waals surface area contributed by atoms with Gasteiger partial charge in [-0.15, -0.1) is 4.40 Å². The second-order valence-corrected chi connectivity index (χ2v) is 7.87. The third kappa shape index (κ3) is 3.90. The Bertz CT molecular complexity index is 1060. The van der Waals surface area contributed by atoms with E-state index in [0.29, 0.717) is 17.2 Å². The summed E-state index contributed by atoms with van der Waals surface area (Å²) in [6.45, 7) is 0.537. The minimum Gasteiger partial charge on any atom is -0.489 e. The fourth-order valence-corrected chi connectivity index (χ4v) is 3.80. The van der Waals surface area contributed by atoms with E-state index < -0.39 is 10.0 Å². The normalized spacial score (nSPS) is 17.7. The molecule has 0 atom stereocenters. The molecule has 2 aromatic carbocycles. The van der Waals surface area contributed by atoms with Crippen molar-refractivity contribution in [3.8, 4) is 5.75 Å². The van der Waals surface area contributed by atoms with Crippen LogP contribution in [0.1, 0.15) is 11.1 Å². The smallest absolute Gasteiger partial charge is 0.256 e. The van der Waals surface area contributed by atoms with E-state index in [1.54, 1.807) is 41.6 Å². The highest BCUT2D eigenvalue weighted by Gasteiger charge is 2.28. The Kier molecular flexibility index (Phi) is 4.49. The maximum Gasteiger partial charge on any atom is 0.256 e. The Morgan fingerprint density at radius 1 is 1.15 bits per heavy atom. The van der Waals surface area contributed by atoms with Crippen molar-refractivity contribution >= 4 is 27.6 Å². The van der Waals surface area contributed by atoms with Crippen LogP contribution in [0.25, 0.3) is 5.57 Å². The molecule has 0 spiro atoms. The number of amidine groups is 1. The van der Waals surface area contributed by atoms with Gasteiger partial charge in [-0.3, -0.25) is 0 Å². The first-order chi connectivity index (χ1) is 13.0. The van der Waals surface area contributed by atoms with Crippen molar-refractivity contribution in [2.24, 2.45) is 9.50 Å². The first-order valence-electron chi connectivity index (χ1n) is 8.33. The van der Waals surface area contributed by atoms with E-state index in [1.165, 1.54) is 12.1 Å². The lowest BCUT2D eigenvalue weighted by Crippen LogP contribution is -2.38. The van der Waals surface area contributed by atoms with Gasteiger partial charge in [0.1, 0.15) is 18.2 Å². The van der Waals surface area contributed by atoms with Crippen molar-refractivity contribution in [3.63, 3.8) is 0 Å². The fourth-order valence-electron chi connectivity index (χ4n) is 2.85. The molecule has 4 rings (SSSR count). The molecule has 8 heteroatoms. The zero-order valence-corrected chi connectivity index (χ0v) is 15.1. The van der Waals surface area contributed by atoms with Gasteiger partial charge in [-0.2, -0.15) is 5.10 Å². The highest BCUT2D eigenvalue weighted by molar-refractivity contribution is 7.90. The number of ether oxygens (including phenoxy) is 1. The lowest BCUT2D eigenvalue weighted by molar-refractivity contribution is 0.305. The molecule has 0 fully saturated rings. The van der Waals surface area contributed by atoms with Gasteiger partial charge in [0.05, 0.1) is 12.3 Å². The summed E-state index contributed by atoms with van der Waals surface area (Å²) in [5.74, 6) is 0.610. The molecular formula is C19H16FN3O3S. The summed E-state index contributed by atoms with van der Waals surface area (Å²) in [5, 5.41) is 5.75. The number of allylic oxidation sites excluding steroid dienone is 1. The fraction of sp³-hybridized carbons (Fsp3) is 0.158. The second kappa shape index (κ2) is 6.96. The van der Waals surface area contributed by atoms with E-state index in [4.69, 9.17) is 4.74 Å². The van der Waals surface area contributed by atoms with Crippen LogP contribution in [-0.4, -0.2) is 37.8 Å². The lowest BCUT2D eigenvalue weighted by atomic mass is 10.0. The predicted molar refractivity (Wildman–Crippen MR) is 102 cm³/mol. The molecule has 0 saturated heterocycles. The molecule has 2 aliphatic heterocycles. The van der Waals surface area contributed by atoms with Crippen molar-refractivity contribution in [1.82, 2.24) is 5.01 Å². The molecule has 27 heavy (non-hydrogen) atoms. The molecule has 0 bridgehead atoms. The standard InChI is InChI=1S/C19H16FN3O3S/c20-16-3-1-2-14(12-16)13-26-17-6-4-15(5-7-17)18-8-9-21-23-10-11-27(24,25)22-19(18)23/h1-9,12H,10-11,13H2. The van der Waals surface area contributed by atoms with E-state index in [1.807, 2.05) is 12.1 Å². The van der Waals surface area contributed by atoms with Gasteiger partial charge in [0.25, 0.3) is 10.0 Å². The van der Waals surface area contributed by atoms with E-state index in [9.17, 15) is 12.8 Å². The largest absolute Gasteiger partial charge is 0.489 e. The number of benzene rings is 2. The Hall–Kier alpha value is -3.00. The molecule has 0 N–H and O–H groups in total.